The van der Waals surface area contributed by atoms with Crippen LogP contribution in [0.3, 0.4) is 0 Å². The third kappa shape index (κ3) is 5.10. The van der Waals surface area contributed by atoms with Crippen molar-refractivity contribution in [2.75, 3.05) is 11.5 Å². The first-order valence-corrected chi connectivity index (χ1v) is 17.8. The smallest absolute Gasteiger partial charge is 0.205 e. The first kappa shape index (κ1) is 29.0. The SMILES string of the molecule is Nc1c(C(=O)c2ccc(-c3ccc(C(=O)c4sc5nc6c(cc5c4N)CCCCC6)cc3)cc2)sc2nc3c(cc12)CCCCC3. The van der Waals surface area contributed by atoms with Crippen molar-refractivity contribution in [1.82, 2.24) is 9.97 Å². The predicted octanol–water partition coefficient (Wildman–Crippen LogP) is 8.74. The van der Waals surface area contributed by atoms with Gasteiger partial charge < -0.3 is 11.5 Å². The molecule has 0 aliphatic heterocycles. The molecule has 4 heterocycles. The van der Waals surface area contributed by atoms with Gasteiger partial charge in [0.2, 0.25) is 11.6 Å². The number of aromatic nitrogens is 2. The monoisotopic (exact) mass is 642 g/mol. The topological polar surface area (TPSA) is 112 Å². The Bertz CT molecular complexity index is 2000. The van der Waals surface area contributed by atoms with Gasteiger partial charge in [-0.15, -0.1) is 22.7 Å². The Morgan fingerprint density at radius 2 is 0.935 bits per heavy atom. The molecule has 6 nitrogen and oxygen atoms in total. The molecule has 0 amide bonds. The van der Waals surface area contributed by atoms with E-state index in [0.717, 1.165) is 81.5 Å². The van der Waals surface area contributed by atoms with Crippen LogP contribution in [-0.2, 0) is 25.7 Å². The number of carbonyl (C=O) groups excluding carboxylic acids is 2. The number of aryl methyl sites for hydroxylation is 4. The van der Waals surface area contributed by atoms with Gasteiger partial charge in [0.05, 0.1) is 11.4 Å². The maximum atomic E-state index is 13.5. The van der Waals surface area contributed by atoms with Crippen molar-refractivity contribution in [3.05, 3.63) is 104 Å². The van der Waals surface area contributed by atoms with Crippen molar-refractivity contribution in [1.29, 1.82) is 0 Å². The molecule has 230 valence electrons. The molecule has 0 saturated carbocycles. The molecule has 2 aromatic carbocycles. The molecule has 8 heteroatoms. The Kier molecular flexibility index (Phi) is 7.42. The van der Waals surface area contributed by atoms with E-state index in [0.29, 0.717) is 32.3 Å². The van der Waals surface area contributed by atoms with E-state index in [-0.39, 0.29) is 11.6 Å². The molecule has 6 aromatic rings. The maximum Gasteiger partial charge on any atom is 0.205 e. The number of anilines is 2. The van der Waals surface area contributed by atoms with Crippen LogP contribution >= 0.6 is 22.7 Å². The minimum Gasteiger partial charge on any atom is -0.397 e. The number of thiophene rings is 2. The van der Waals surface area contributed by atoms with Crippen LogP contribution in [0.2, 0.25) is 0 Å². The molecule has 8 rings (SSSR count). The van der Waals surface area contributed by atoms with Crippen LogP contribution in [0.5, 0.6) is 0 Å². The van der Waals surface area contributed by atoms with Crippen LogP contribution in [0, 0.1) is 0 Å². The van der Waals surface area contributed by atoms with Crippen molar-refractivity contribution in [2.24, 2.45) is 0 Å². The van der Waals surface area contributed by atoms with Crippen LogP contribution in [0.15, 0.2) is 60.7 Å². The van der Waals surface area contributed by atoms with Crippen molar-refractivity contribution in [3.8, 4) is 11.1 Å². The average Bonchev–Trinajstić information content (AvgIpc) is 3.33. The number of nitrogen functional groups attached to an aromatic ring is 2. The molecule has 2 aliphatic carbocycles. The zero-order valence-electron chi connectivity index (χ0n) is 25.5. The summed E-state index contributed by atoms with van der Waals surface area (Å²) in [5.74, 6) is -0.176. The highest BCUT2D eigenvalue weighted by atomic mass is 32.1. The second-order valence-electron chi connectivity index (χ2n) is 12.5. The molecule has 0 fully saturated rings. The number of pyridine rings is 2. The fraction of sp³-hybridized carbons (Fsp3) is 0.263. The lowest BCUT2D eigenvalue weighted by molar-refractivity contribution is 0.103. The first-order chi connectivity index (χ1) is 22.4. The zero-order chi connectivity index (χ0) is 31.4. The number of benzene rings is 2. The van der Waals surface area contributed by atoms with E-state index in [9.17, 15) is 9.59 Å². The molecule has 0 saturated heterocycles. The van der Waals surface area contributed by atoms with Gasteiger partial charge in [0.1, 0.15) is 19.4 Å². The van der Waals surface area contributed by atoms with E-state index in [4.69, 9.17) is 21.4 Å². The van der Waals surface area contributed by atoms with Crippen LogP contribution in [0.1, 0.15) is 91.5 Å². The summed E-state index contributed by atoms with van der Waals surface area (Å²) in [4.78, 5) is 39.7. The van der Waals surface area contributed by atoms with Gasteiger partial charge in [-0.2, -0.15) is 0 Å². The molecule has 4 N–H and O–H groups in total. The second kappa shape index (κ2) is 11.8. The van der Waals surface area contributed by atoms with Gasteiger partial charge >= 0.3 is 0 Å². The Hall–Kier alpha value is -4.40. The quantitative estimate of drug-likeness (QED) is 0.144. The van der Waals surface area contributed by atoms with E-state index >= 15 is 0 Å². The summed E-state index contributed by atoms with van der Waals surface area (Å²) in [6.07, 6.45) is 11.1. The van der Waals surface area contributed by atoms with E-state index < -0.39 is 0 Å². The van der Waals surface area contributed by atoms with Crippen molar-refractivity contribution >= 4 is 66.0 Å². The van der Waals surface area contributed by atoms with Crippen molar-refractivity contribution in [2.45, 2.75) is 64.2 Å². The highest BCUT2D eigenvalue weighted by molar-refractivity contribution is 7.21. The molecule has 2 aliphatic rings. The normalized spacial score (nSPS) is 14.9. The zero-order valence-corrected chi connectivity index (χ0v) is 27.2. The first-order valence-electron chi connectivity index (χ1n) is 16.2. The number of hydrogen-bond acceptors (Lipinski definition) is 8. The molecule has 0 spiro atoms. The number of ketones is 2. The number of fused-ring (bicyclic) bond motifs is 4. The van der Waals surface area contributed by atoms with Crippen LogP contribution in [0.25, 0.3) is 31.6 Å². The highest BCUT2D eigenvalue weighted by Gasteiger charge is 2.23. The Morgan fingerprint density at radius 1 is 0.543 bits per heavy atom. The summed E-state index contributed by atoms with van der Waals surface area (Å²) in [5, 5.41) is 1.78. The number of rotatable bonds is 5. The molecular formula is C38H34N4O2S2. The van der Waals surface area contributed by atoms with E-state index in [2.05, 4.69) is 12.1 Å². The fourth-order valence-corrected chi connectivity index (χ4v) is 9.02. The summed E-state index contributed by atoms with van der Waals surface area (Å²) < 4.78 is 0. The van der Waals surface area contributed by atoms with Gasteiger partial charge in [-0.1, -0.05) is 61.4 Å². The Morgan fingerprint density at radius 3 is 1.35 bits per heavy atom. The summed E-state index contributed by atoms with van der Waals surface area (Å²) in [5.41, 5.74) is 22.0. The molecule has 0 radical (unpaired) electrons. The Balaban J connectivity index is 1.02. The van der Waals surface area contributed by atoms with Gasteiger partial charge in [0.15, 0.2) is 0 Å². The summed E-state index contributed by atoms with van der Waals surface area (Å²) in [6, 6.07) is 19.4. The molecule has 46 heavy (non-hydrogen) atoms. The van der Waals surface area contributed by atoms with Gasteiger partial charge in [0.25, 0.3) is 0 Å². The third-order valence-electron chi connectivity index (χ3n) is 9.54. The average molecular weight is 643 g/mol. The largest absolute Gasteiger partial charge is 0.397 e. The highest BCUT2D eigenvalue weighted by Crippen LogP contribution is 2.38. The fourth-order valence-electron chi connectivity index (χ4n) is 6.90. The van der Waals surface area contributed by atoms with Gasteiger partial charge in [0, 0.05) is 33.3 Å². The molecule has 4 aromatic heterocycles. The molecule has 0 atom stereocenters. The summed E-state index contributed by atoms with van der Waals surface area (Å²) in [6.45, 7) is 0. The van der Waals surface area contributed by atoms with E-state index in [1.54, 1.807) is 0 Å². The number of hydrogen-bond donors (Lipinski definition) is 2. The van der Waals surface area contributed by atoms with Crippen molar-refractivity contribution in [3.63, 3.8) is 0 Å². The predicted molar refractivity (Wildman–Crippen MR) is 189 cm³/mol. The van der Waals surface area contributed by atoms with E-state index in [1.807, 2.05) is 48.5 Å². The van der Waals surface area contributed by atoms with Crippen LogP contribution in [-0.4, -0.2) is 21.5 Å². The Labute approximate surface area is 275 Å². The van der Waals surface area contributed by atoms with Gasteiger partial charge in [-0.3, -0.25) is 9.59 Å². The minimum absolute atomic E-state index is 0.0880. The molecule has 0 bridgehead atoms. The maximum absolute atomic E-state index is 13.5. The van der Waals surface area contributed by atoms with Crippen LogP contribution < -0.4 is 11.5 Å². The molecule has 0 unspecified atom stereocenters. The van der Waals surface area contributed by atoms with Crippen LogP contribution in [0.4, 0.5) is 11.4 Å². The molecular weight excluding hydrogens is 609 g/mol. The van der Waals surface area contributed by atoms with E-state index in [1.165, 1.54) is 59.5 Å². The second-order valence-corrected chi connectivity index (χ2v) is 14.5. The summed E-state index contributed by atoms with van der Waals surface area (Å²) >= 11 is 2.78. The standard InChI is InChI=1S/C38H34N4O2S2/c39-31-27-19-25-7-3-1-5-9-29(25)41-37(27)45-35(31)33(43)23-15-11-21(12-16-23)22-13-17-24(18-14-22)34(44)36-32(40)28-20-26-8-4-2-6-10-30(26)42-38(28)46-36/h11-20H,1-10,39-40H2. The lowest BCUT2D eigenvalue weighted by Gasteiger charge is -2.06. The number of carbonyl (C=O) groups is 2. The lowest BCUT2D eigenvalue weighted by atomic mass is 9.99. The number of nitrogens with zero attached hydrogens (tertiary/aromatic N) is 2. The third-order valence-corrected chi connectivity index (χ3v) is 11.8. The van der Waals surface area contributed by atoms with Crippen molar-refractivity contribution < 1.29 is 9.59 Å². The number of nitrogens with two attached hydrogens (primary N) is 2. The van der Waals surface area contributed by atoms with Gasteiger partial charge in [-0.05, 0) is 85.8 Å². The van der Waals surface area contributed by atoms with Gasteiger partial charge in [-0.25, -0.2) is 9.97 Å². The minimum atomic E-state index is -0.0880. The lowest BCUT2D eigenvalue weighted by Crippen LogP contribution is -2.02. The summed E-state index contributed by atoms with van der Waals surface area (Å²) in [7, 11) is 0.